The highest BCUT2D eigenvalue weighted by molar-refractivity contribution is 5.77. The van der Waals surface area contributed by atoms with E-state index in [1.807, 2.05) is 0 Å². The number of nitrogens with one attached hydrogen (secondary N) is 1. The third-order valence-corrected chi connectivity index (χ3v) is 3.41. The van der Waals surface area contributed by atoms with E-state index in [4.69, 9.17) is 0 Å². The van der Waals surface area contributed by atoms with Crippen LogP contribution in [0.3, 0.4) is 0 Å². The summed E-state index contributed by atoms with van der Waals surface area (Å²) in [4.78, 5) is 11.2. The third-order valence-electron chi connectivity index (χ3n) is 3.41. The normalized spacial score (nSPS) is 20.7. The molecule has 1 aliphatic rings. The molecule has 0 aromatic heterocycles. The number of amides is 1. The highest BCUT2D eigenvalue weighted by atomic mass is 16.1. The summed E-state index contributed by atoms with van der Waals surface area (Å²) in [5.74, 6) is 0.692. The average molecular weight is 217 g/mol. The van der Waals surface area contributed by atoms with Crippen LogP contribution < -0.4 is 5.32 Å². The molecule has 1 aromatic rings. The third kappa shape index (κ3) is 2.11. The second-order valence-electron chi connectivity index (χ2n) is 4.85. The van der Waals surface area contributed by atoms with Crippen LogP contribution >= 0.6 is 0 Å². The van der Waals surface area contributed by atoms with Crippen molar-refractivity contribution in [3.05, 3.63) is 34.4 Å². The molecule has 2 heteroatoms. The molecule has 1 unspecified atom stereocenters. The van der Waals surface area contributed by atoms with Crippen molar-refractivity contribution in [1.29, 1.82) is 0 Å². The summed E-state index contributed by atoms with van der Waals surface area (Å²) in [5.41, 5.74) is 5.47. The maximum Gasteiger partial charge on any atom is 0.220 e. The van der Waals surface area contributed by atoms with Gasteiger partial charge >= 0.3 is 0 Å². The van der Waals surface area contributed by atoms with E-state index in [0.29, 0.717) is 12.3 Å². The van der Waals surface area contributed by atoms with Gasteiger partial charge < -0.3 is 5.32 Å². The standard InChI is InChI=1S/C14H19NO/c1-9-6-10(2)14(11(3)7-9)12-4-5-13(16)15-8-12/h6-7,12H,4-5,8H2,1-3H3,(H,15,16). The summed E-state index contributed by atoms with van der Waals surface area (Å²) < 4.78 is 0. The Labute approximate surface area is 97.1 Å². The van der Waals surface area contributed by atoms with Gasteiger partial charge in [-0.3, -0.25) is 4.79 Å². The van der Waals surface area contributed by atoms with Crippen LogP contribution in [0.15, 0.2) is 12.1 Å². The predicted molar refractivity (Wildman–Crippen MR) is 65.6 cm³/mol. The Morgan fingerprint density at radius 2 is 1.81 bits per heavy atom. The number of rotatable bonds is 1. The van der Waals surface area contributed by atoms with Crippen LogP contribution in [-0.4, -0.2) is 12.5 Å². The van der Waals surface area contributed by atoms with Crippen molar-refractivity contribution >= 4 is 5.91 Å². The molecule has 2 rings (SSSR count). The van der Waals surface area contributed by atoms with Crippen LogP contribution in [0.4, 0.5) is 0 Å². The molecule has 0 spiro atoms. The molecule has 0 radical (unpaired) electrons. The molecule has 1 N–H and O–H groups in total. The van der Waals surface area contributed by atoms with Crippen LogP contribution in [0.25, 0.3) is 0 Å². The molecule has 2 nitrogen and oxygen atoms in total. The van der Waals surface area contributed by atoms with Gasteiger partial charge in [0, 0.05) is 18.9 Å². The molecular weight excluding hydrogens is 198 g/mol. The van der Waals surface area contributed by atoms with Gasteiger partial charge in [0.05, 0.1) is 0 Å². The Bertz CT molecular complexity index is 390. The fraction of sp³-hybridized carbons (Fsp3) is 0.500. The highest BCUT2D eigenvalue weighted by Gasteiger charge is 2.22. The zero-order valence-corrected chi connectivity index (χ0v) is 10.3. The predicted octanol–water partition coefficient (Wildman–Crippen LogP) is 2.61. The first-order valence-corrected chi connectivity index (χ1v) is 5.92. The molecule has 1 atom stereocenters. The van der Waals surface area contributed by atoms with Gasteiger partial charge in [0.2, 0.25) is 5.91 Å². The van der Waals surface area contributed by atoms with E-state index in [0.717, 1.165) is 13.0 Å². The summed E-state index contributed by atoms with van der Waals surface area (Å²) >= 11 is 0. The van der Waals surface area contributed by atoms with Crippen molar-refractivity contribution < 1.29 is 4.79 Å². The molecule has 1 saturated heterocycles. The lowest BCUT2D eigenvalue weighted by Crippen LogP contribution is -2.34. The molecule has 1 aliphatic heterocycles. The fourth-order valence-electron chi connectivity index (χ4n) is 2.81. The molecule has 0 aliphatic carbocycles. The van der Waals surface area contributed by atoms with Gasteiger partial charge in [0.1, 0.15) is 0 Å². The lowest BCUT2D eigenvalue weighted by atomic mass is 9.85. The topological polar surface area (TPSA) is 29.1 Å². The Hall–Kier alpha value is -1.31. The molecule has 0 saturated carbocycles. The minimum absolute atomic E-state index is 0.193. The van der Waals surface area contributed by atoms with E-state index in [9.17, 15) is 4.79 Å². The summed E-state index contributed by atoms with van der Waals surface area (Å²) in [7, 11) is 0. The van der Waals surface area contributed by atoms with Gasteiger partial charge in [-0.15, -0.1) is 0 Å². The number of piperidine rings is 1. The van der Waals surface area contributed by atoms with Gasteiger partial charge in [-0.05, 0) is 43.9 Å². The molecule has 1 aromatic carbocycles. The average Bonchev–Trinajstić information content (AvgIpc) is 2.19. The summed E-state index contributed by atoms with van der Waals surface area (Å²) in [5, 5.41) is 2.96. The van der Waals surface area contributed by atoms with Gasteiger partial charge in [-0.1, -0.05) is 17.7 Å². The van der Waals surface area contributed by atoms with E-state index in [2.05, 4.69) is 38.2 Å². The number of benzene rings is 1. The lowest BCUT2D eigenvalue weighted by Gasteiger charge is -2.26. The second-order valence-corrected chi connectivity index (χ2v) is 4.85. The van der Waals surface area contributed by atoms with Crippen LogP contribution in [0.1, 0.15) is 41.0 Å². The minimum Gasteiger partial charge on any atom is -0.355 e. The van der Waals surface area contributed by atoms with E-state index in [1.54, 1.807) is 0 Å². The van der Waals surface area contributed by atoms with Crippen molar-refractivity contribution in [1.82, 2.24) is 5.32 Å². The number of hydrogen-bond donors (Lipinski definition) is 1. The number of aryl methyl sites for hydroxylation is 3. The Kier molecular flexibility index (Phi) is 2.99. The minimum atomic E-state index is 0.193. The Morgan fingerprint density at radius 1 is 1.19 bits per heavy atom. The van der Waals surface area contributed by atoms with Crippen LogP contribution in [0, 0.1) is 20.8 Å². The molecule has 86 valence electrons. The highest BCUT2D eigenvalue weighted by Crippen LogP contribution is 2.29. The summed E-state index contributed by atoms with van der Waals surface area (Å²) in [6.45, 7) is 7.27. The monoisotopic (exact) mass is 217 g/mol. The number of carbonyl (C=O) groups is 1. The maximum atomic E-state index is 11.2. The molecule has 0 bridgehead atoms. The molecular formula is C14H19NO. The number of hydrogen-bond acceptors (Lipinski definition) is 1. The SMILES string of the molecule is Cc1cc(C)c(C2CCC(=O)NC2)c(C)c1. The first-order chi connectivity index (χ1) is 7.58. The zero-order valence-electron chi connectivity index (χ0n) is 10.3. The van der Waals surface area contributed by atoms with Crippen molar-refractivity contribution in [2.45, 2.75) is 39.5 Å². The molecule has 1 fully saturated rings. The fourth-order valence-corrected chi connectivity index (χ4v) is 2.81. The first-order valence-electron chi connectivity index (χ1n) is 5.92. The van der Waals surface area contributed by atoms with Gasteiger partial charge in [0.15, 0.2) is 0 Å². The molecule has 16 heavy (non-hydrogen) atoms. The second kappa shape index (κ2) is 4.28. The quantitative estimate of drug-likeness (QED) is 0.769. The molecule has 1 heterocycles. The van der Waals surface area contributed by atoms with Crippen molar-refractivity contribution in [3.8, 4) is 0 Å². The Balaban J connectivity index is 2.30. The lowest BCUT2D eigenvalue weighted by molar-refractivity contribution is -0.122. The van der Waals surface area contributed by atoms with E-state index < -0.39 is 0 Å². The van der Waals surface area contributed by atoms with Gasteiger partial charge in [-0.25, -0.2) is 0 Å². The van der Waals surface area contributed by atoms with Gasteiger partial charge in [0.25, 0.3) is 0 Å². The van der Waals surface area contributed by atoms with Crippen molar-refractivity contribution in [3.63, 3.8) is 0 Å². The largest absolute Gasteiger partial charge is 0.355 e. The van der Waals surface area contributed by atoms with Crippen molar-refractivity contribution in [2.75, 3.05) is 6.54 Å². The van der Waals surface area contributed by atoms with E-state index >= 15 is 0 Å². The van der Waals surface area contributed by atoms with Crippen LogP contribution in [-0.2, 0) is 4.79 Å². The molecule has 1 amide bonds. The summed E-state index contributed by atoms with van der Waals surface area (Å²) in [6, 6.07) is 4.47. The van der Waals surface area contributed by atoms with E-state index in [-0.39, 0.29) is 5.91 Å². The Morgan fingerprint density at radius 3 is 2.31 bits per heavy atom. The van der Waals surface area contributed by atoms with Crippen LogP contribution in [0.5, 0.6) is 0 Å². The summed E-state index contributed by atoms with van der Waals surface area (Å²) in [6.07, 6.45) is 1.65. The van der Waals surface area contributed by atoms with Crippen molar-refractivity contribution in [2.24, 2.45) is 0 Å². The number of carbonyl (C=O) groups excluding carboxylic acids is 1. The zero-order chi connectivity index (χ0) is 11.7. The van der Waals surface area contributed by atoms with E-state index in [1.165, 1.54) is 22.3 Å². The smallest absolute Gasteiger partial charge is 0.220 e. The first kappa shape index (κ1) is 11.2. The van der Waals surface area contributed by atoms with Gasteiger partial charge in [-0.2, -0.15) is 0 Å². The van der Waals surface area contributed by atoms with Crippen LogP contribution in [0.2, 0.25) is 0 Å². The maximum absolute atomic E-state index is 11.2.